The number of nitrogens with two attached hydrogens (primary N) is 1. The van der Waals surface area contributed by atoms with Crippen molar-refractivity contribution in [2.45, 2.75) is 52.6 Å². The van der Waals surface area contributed by atoms with E-state index in [-0.39, 0.29) is 0 Å². The summed E-state index contributed by atoms with van der Waals surface area (Å²) in [4.78, 5) is 2.59. The van der Waals surface area contributed by atoms with E-state index in [9.17, 15) is 0 Å². The minimum absolute atomic E-state index is 0.342. The first kappa shape index (κ1) is 12.0. The van der Waals surface area contributed by atoms with Gasteiger partial charge in [-0.2, -0.15) is 0 Å². The molecule has 0 aliphatic carbocycles. The largest absolute Gasteiger partial charge is 0.326 e. The van der Waals surface area contributed by atoms with E-state index in [2.05, 4.69) is 32.6 Å². The fraction of sp³-hybridized carbons (Fsp3) is 1.00. The fourth-order valence-corrected chi connectivity index (χ4v) is 2.32. The molecule has 1 rings (SSSR count). The van der Waals surface area contributed by atoms with Crippen LogP contribution >= 0.6 is 0 Å². The molecule has 1 heterocycles. The molecule has 0 bridgehead atoms. The van der Waals surface area contributed by atoms with Gasteiger partial charge in [0.05, 0.1) is 0 Å². The summed E-state index contributed by atoms with van der Waals surface area (Å²) in [5.74, 6) is 1.38. The number of nitrogens with zero attached hydrogens (tertiary/aromatic N) is 1. The maximum atomic E-state index is 6.12. The Labute approximate surface area is 88.8 Å². The maximum Gasteiger partial charge on any atom is 0.0191 e. The molecule has 0 aromatic rings. The zero-order chi connectivity index (χ0) is 10.7. The summed E-state index contributed by atoms with van der Waals surface area (Å²) < 4.78 is 0. The van der Waals surface area contributed by atoms with E-state index in [0.717, 1.165) is 18.5 Å². The summed E-state index contributed by atoms with van der Waals surface area (Å²) >= 11 is 0. The Bertz CT molecular complexity index is 166. The van der Waals surface area contributed by atoms with Gasteiger partial charge in [0.25, 0.3) is 0 Å². The van der Waals surface area contributed by atoms with E-state index >= 15 is 0 Å². The minimum Gasteiger partial charge on any atom is -0.326 e. The molecule has 0 radical (unpaired) electrons. The number of hydrogen-bond acceptors (Lipinski definition) is 2. The van der Waals surface area contributed by atoms with Crippen molar-refractivity contribution in [1.82, 2.24) is 4.90 Å². The minimum atomic E-state index is 0.342. The normalized spacial score (nSPS) is 26.4. The van der Waals surface area contributed by atoms with Crippen molar-refractivity contribution in [2.24, 2.45) is 17.6 Å². The molecule has 2 atom stereocenters. The molecule has 84 valence electrons. The summed E-state index contributed by atoms with van der Waals surface area (Å²) in [5, 5.41) is 0. The molecule has 0 saturated carbocycles. The van der Waals surface area contributed by atoms with Crippen LogP contribution in [0.25, 0.3) is 0 Å². The Morgan fingerprint density at radius 1 is 1.29 bits per heavy atom. The van der Waals surface area contributed by atoms with Crippen molar-refractivity contribution in [3.05, 3.63) is 0 Å². The zero-order valence-corrected chi connectivity index (χ0v) is 10.2. The monoisotopic (exact) mass is 198 g/mol. The summed E-state index contributed by atoms with van der Waals surface area (Å²) in [7, 11) is 0. The van der Waals surface area contributed by atoms with Gasteiger partial charge in [0.1, 0.15) is 0 Å². The second-order valence-electron chi connectivity index (χ2n) is 5.36. The number of likely N-dealkylation sites (tertiary alicyclic amines) is 1. The van der Waals surface area contributed by atoms with Crippen LogP contribution in [0.15, 0.2) is 0 Å². The Morgan fingerprint density at radius 2 is 1.93 bits per heavy atom. The SMILES string of the molecule is CC(C)C(N)CN1CCCC1C(C)C. The third kappa shape index (κ3) is 2.96. The van der Waals surface area contributed by atoms with Crippen LogP contribution in [0.1, 0.15) is 40.5 Å². The Kier molecular flexibility index (Phi) is 4.39. The van der Waals surface area contributed by atoms with Crippen LogP contribution in [-0.4, -0.2) is 30.1 Å². The Hall–Kier alpha value is -0.0800. The smallest absolute Gasteiger partial charge is 0.0191 e. The van der Waals surface area contributed by atoms with Crippen molar-refractivity contribution < 1.29 is 0 Å². The van der Waals surface area contributed by atoms with Gasteiger partial charge < -0.3 is 5.73 Å². The lowest BCUT2D eigenvalue weighted by atomic mass is 10.00. The molecule has 1 aliphatic heterocycles. The van der Waals surface area contributed by atoms with Crippen molar-refractivity contribution in [3.8, 4) is 0 Å². The van der Waals surface area contributed by atoms with Gasteiger partial charge in [-0.05, 0) is 31.2 Å². The van der Waals surface area contributed by atoms with Gasteiger partial charge in [-0.15, -0.1) is 0 Å². The summed E-state index contributed by atoms with van der Waals surface area (Å²) in [5.41, 5.74) is 6.12. The van der Waals surface area contributed by atoms with Crippen LogP contribution in [0, 0.1) is 11.8 Å². The topological polar surface area (TPSA) is 29.3 Å². The Morgan fingerprint density at radius 3 is 2.43 bits per heavy atom. The first-order valence-corrected chi connectivity index (χ1v) is 6.02. The van der Waals surface area contributed by atoms with E-state index in [1.54, 1.807) is 0 Å². The molecule has 2 nitrogen and oxygen atoms in total. The molecule has 0 aromatic carbocycles. The van der Waals surface area contributed by atoms with E-state index in [0.29, 0.717) is 12.0 Å². The molecule has 1 aliphatic rings. The lowest BCUT2D eigenvalue weighted by Crippen LogP contribution is -2.44. The molecule has 0 spiro atoms. The zero-order valence-electron chi connectivity index (χ0n) is 10.2. The van der Waals surface area contributed by atoms with Crippen LogP contribution < -0.4 is 5.73 Å². The lowest BCUT2D eigenvalue weighted by molar-refractivity contribution is 0.184. The van der Waals surface area contributed by atoms with Gasteiger partial charge in [0, 0.05) is 18.6 Å². The van der Waals surface area contributed by atoms with Crippen LogP contribution in [0.4, 0.5) is 0 Å². The predicted molar refractivity (Wildman–Crippen MR) is 62.2 cm³/mol. The van der Waals surface area contributed by atoms with Crippen LogP contribution in [0.3, 0.4) is 0 Å². The van der Waals surface area contributed by atoms with Gasteiger partial charge in [0.15, 0.2) is 0 Å². The molecule has 0 aromatic heterocycles. The molecule has 2 unspecified atom stereocenters. The van der Waals surface area contributed by atoms with Gasteiger partial charge in [0.2, 0.25) is 0 Å². The third-order valence-electron chi connectivity index (χ3n) is 3.49. The molecule has 2 N–H and O–H groups in total. The molecule has 1 saturated heterocycles. The second-order valence-corrected chi connectivity index (χ2v) is 5.36. The molecule has 0 amide bonds. The van der Waals surface area contributed by atoms with E-state index in [1.807, 2.05) is 0 Å². The van der Waals surface area contributed by atoms with Crippen molar-refractivity contribution >= 4 is 0 Å². The quantitative estimate of drug-likeness (QED) is 0.749. The molecular formula is C12H26N2. The Balaban J connectivity index is 2.43. The molecule has 2 heteroatoms. The summed E-state index contributed by atoms with van der Waals surface area (Å²) in [6.07, 6.45) is 2.72. The highest BCUT2D eigenvalue weighted by Gasteiger charge is 2.28. The standard InChI is InChI=1S/C12H26N2/c1-9(2)11(13)8-14-7-5-6-12(14)10(3)4/h9-12H,5-8,13H2,1-4H3. The average Bonchev–Trinajstić information content (AvgIpc) is 2.52. The third-order valence-corrected chi connectivity index (χ3v) is 3.49. The highest BCUT2D eigenvalue weighted by molar-refractivity contribution is 4.84. The van der Waals surface area contributed by atoms with Crippen LogP contribution in [-0.2, 0) is 0 Å². The van der Waals surface area contributed by atoms with Crippen molar-refractivity contribution in [2.75, 3.05) is 13.1 Å². The molecule has 1 fully saturated rings. The van der Waals surface area contributed by atoms with Gasteiger partial charge >= 0.3 is 0 Å². The first-order chi connectivity index (χ1) is 6.52. The average molecular weight is 198 g/mol. The van der Waals surface area contributed by atoms with Crippen LogP contribution in [0.5, 0.6) is 0 Å². The van der Waals surface area contributed by atoms with Crippen LogP contribution in [0.2, 0.25) is 0 Å². The highest BCUT2D eigenvalue weighted by atomic mass is 15.2. The van der Waals surface area contributed by atoms with Crippen molar-refractivity contribution in [1.29, 1.82) is 0 Å². The predicted octanol–water partition coefficient (Wildman–Crippen LogP) is 2.09. The highest BCUT2D eigenvalue weighted by Crippen LogP contribution is 2.24. The van der Waals surface area contributed by atoms with Gasteiger partial charge in [-0.25, -0.2) is 0 Å². The second kappa shape index (κ2) is 5.13. The van der Waals surface area contributed by atoms with E-state index in [4.69, 9.17) is 5.73 Å². The van der Waals surface area contributed by atoms with E-state index in [1.165, 1.54) is 19.4 Å². The first-order valence-electron chi connectivity index (χ1n) is 6.02. The fourth-order valence-electron chi connectivity index (χ4n) is 2.32. The van der Waals surface area contributed by atoms with Gasteiger partial charge in [-0.3, -0.25) is 4.90 Å². The summed E-state index contributed by atoms with van der Waals surface area (Å²) in [6, 6.07) is 1.12. The molecule has 14 heavy (non-hydrogen) atoms. The number of hydrogen-bond donors (Lipinski definition) is 1. The summed E-state index contributed by atoms with van der Waals surface area (Å²) in [6.45, 7) is 11.4. The molecular weight excluding hydrogens is 172 g/mol. The van der Waals surface area contributed by atoms with Gasteiger partial charge in [-0.1, -0.05) is 27.7 Å². The van der Waals surface area contributed by atoms with Crippen molar-refractivity contribution in [3.63, 3.8) is 0 Å². The number of rotatable bonds is 4. The lowest BCUT2D eigenvalue weighted by Gasteiger charge is -2.31. The van der Waals surface area contributed by atoms with E-state index < -0.39 is 0 Å². The maximum absolute atomic E-state index is 6.12.